The van der Waals surface area contributed by atoms with Crippen molar-refractivity contribution >= 4 is 21.9 Å². The summed E-state index contributed by atoms with van der Waals surface area (Å²) >= 11 is 3.37. The predicted octanol–water partition coefficient (Wildman–Crippen LogP) is 1.37. The minimum Gasteiger partial charge on any atom is -0.454 e. The Labute approximate surface area is 78.8 Å². The van der Waals surface area contributed by atoms with Crippen molar-refractivity contribution in [1.29, 1.82) is 0 Å². The standard InChI is InChI=1S/C8H9BrO3/c1-4-2-5(9)8-6(11-4)3-7(10)12-8/h2,4,6,8H,3H2,1H3/t4-,6-,8-/m0/s1. The smallest absolute Gasteiger partial charge is 0.309 e. The van der Waals surface area contributed by atoms with Crippen LogP contribution in [0.1, 0.15) is 13.3 Å². The molecule has 1 saturated heterocycles. The third-order valence-corrected chi connectivity index (χ3v) is 2.73. The molecule has 0 aromatic rings. The van der Waals surface area contributed by atoms with Gasteiger partial charge in [-0.3, -0.25) is 4.79 Å². The summed E-state index contributed by atoms with van der Waals surface area (Å²) in [7, 11) is 0. The van der Waals surface area contributed by atoms with Crippen molar-refractivity contribution in [3.63, 3.8) is 0 Å². The Hall–Kier alpha value is -0.350. The quantitative estimate of drug-likeness (QED) is 0.592. The van der Waals surface area contributed by atoms with E-state index < -0.39 is 0 Å². The SMILES string of the molecule is C[C@H]1C=C(Br)[C@@H]2OC(=O)C[C@@H]2O1. The highest BCUT2D eigenvalue weighted by molar-refractivity contribution is 9.11. The highest BCUT2D eigenvalue weighted by atomic mass is 79.9. The molecule has 3 atom stereocenters. The first-order valence-electron chi connectivity index (χ1n) is 3.89. The van der Waals surface area contributed by atoms with Gasteiger partial charge in [-0.25, -0.2) is 0 Å². The monoisotopic (exact) mass is 232 g/mol. The van der Waals surface area contributed by atoms with E-state index in [4.69, 9.17) is 9.47 Å². The second-order valence-electron chi connectivity index (χ2n) is 3.05. The van der Waals surface area contributed by atoms with Gasteiger partial charge in [-0.1, -0.05) is 15.9 Å². The Morgan fingerprint density at radius 3 is 3.17 bits per heavy atom. The minimum absolute atomic E-state index is 0.0649. The molecule has 0 spiro atoms. The van der Waals surface area contributed by atoms with Gasteiger partial charge < -0.3 is 9.47 Å². The van der Waals surface area contributed by atoms with E-state index in [2.05, 4.69) is 15.9 Å². The van der Waals surface area contributed by atoms with Crippen LogP contribution in [0.3, 0.4) is 0 Å². The molecule has 0 aromatic carbocycles. The summed E-state index contributed by atoms with van der Waals surface area (Å²) in [4.78, 5) is 10.9. The molecular weight excluding hydrogens is 224 g/mol. The molecule has 0 unspecified atom stereocenters. The van der Waals surface area contributed by atoms with Crippen molar-refractivity contribution in [2.75, 3.05) is 0 Å². The van der Waals surface area contributed by atoms with Gasteiger partial charge in [-0.15, -0.1) is 0 Å². The average Bonchev–Trinajstić information content (AvgIpc) is 2.29. The molecule has 12 heavy (non-hydrogen) atoms. The zero-order valence-electron chi connectivity index (χ0n) is 6.62. The van der Waals surface area contributed by atoms with Gasteiger partial charge in [0.2, 0.25) is 0 Å². The topological polar surface area (TPSA) is 35.5 Å². The van der Waals surface area contributed by atoms with Crippen LogP contribution in [0, 0.1) is 0 Å². The van der Waals surface area contributed by atoms with E-state index in [9.17, 15) is 4.79 Å². The molecular formula is C8H9BrO3. The van der Waals surface area contributed by atoms with Crippen molar-refractivity contribution in [3.05, 3.63) is 10.6 Å². The highest BCUT2D eigenvalue weighted by Gasteiger charge is 2.40. The third-order valence-electron chi connectivity index (χ3n) is 2.02. The lowest BCUT2D eigenvalue weighted by molar-refractivity contribution is -0.140. The van der Waals surface area contributed by atoms with Gasteiger partial charge in [-0.2, -0.15) is 0 Å². The first-order valence-corrected chi connectivity index (χ1v) is 4.68. The van der Waals surface area contributed by atoms with E-state index in [0.29, 0.717) is 6.42 Å². The van der Waals surface area contributed by atoms with Crippen LogP contribution in [0.25, 0.3) is 0 Å². The molecule has 0 bridgehead atoms. The van der Waals surface area contributed by atoms with E-state index in [1.165, 1.54) is 0 Å². The van der Waals surface area contributed by atoms with Crippen LogP contribution in [-0.4, -0.2) is 24.3 Å². The summed E-state index contributed by atoms with van der Waals surface area (Å²) in [6, 6.07) is 0. The number of ether oxygens (including phenoxy) is 2. The lowest BCUT2D eigenvalue weighted by Crippen LogP contribution is -2.32. The maximum Gasteiger partial charge on any atom is 0.309 e. The van der Waals surface area contributed by atoms with Gasteiger partial charge in [0.1, 0.15) is 6.10 Å². The second-order valence-corrected chi connectivity index (χ2v) is 3.96. The molecule has 0 aromatic heterocycles. The summed E-state index contributed by atoms with van der Waals surface area (Å²) < 4.78 is 11.5. The summed E-state index contributed by atoms with van der Waals surface area (Å²) in [6.45, 7) is 1.94. The third kappa shape index (κ3) is 1.29. The Bertz CT molecular complexity index is 249. The highest BCUT2D eigenvalue weighted by Crippen LogP contribution is 2.32. The summed E-state index contributed by atoms with van der Waals surface area (Å²) in [5, 5.41) is 0. The molecule has 2 heterocycles. The number of hydrogen-bond acceptors (Lipinski definition) is 3. The van der Waals surface area contributed by atoms with E-state index in [-0.39, 0.29) is 24.3 Å². The first kappa shape index (κ1) is 8.26. The zero-order chi connectivity index (χ0) is 8.72. The Kier molecular flexibility index (Phi) is 1.96. The molecule has 2 aliphatic rings. The fourth-order valence-corrected chi connectivity index (χ4v) is 2.28. The van der Waals surface area contributed by atoms with Gasteiger partial charge in [0.25, 0.3) is 0 Å². The molecule has 0 radical (unpaired) electrons. The normalized spacial score (nSPS) is 40.3. The molecule has 4 heteroatoms. The zero-order valence-corrected chi connectivity index (χ0v) is 8.21. The fourth-order valence-electron chi connectivity index (χ4n) is 1.52. The van der Waals surface area contributed by atoms with Crippen molar-refractivity contribution < 1.29 is 14.3 Å². The Balaban J connectivity index is 2.22. The molecule has 0 N–H and O–H groups in total. The number of hydrogen-bond donors (Lipinski definition) is 0. The van der Waals surface area contributed by atoms with Gasteiger partial charge >= 0.3 is 5.97 Å². The molecule has 66 valence electrons. The number of esters is 1. The lowest BCUT2D eigenvalue weighted by atomic mass is 10.1. The number of rotatable bonds is 0. The van der Waals surface area contributed by atoms with Gasteiger partial charge in [0.05, 0.1) is 12.5 Å². The van der Waals surface area contributed by atoms with Crippen LogP contribution in [0.15, 0.2) is 10.6 Å². The van der Waals surface area contributed by atoms with Crippen LogP contribution in [0.4, 0.5) is 0 Å². The molecule has 0 saturated carbocycles. The molecule has 3 nitrogen and oxygen atoms in total. The number of carbonyl (C=O) groups is 1. The van der Waals surface area contributed by atoms with Crippen molar-refractivity contribution in [3.8, 4) is 0 Å². The molecule has 0 aliphatic carbocycles. The predicted molar refractivity (Wildman–Crippen MR) is 45.8 cm³/mol. The maximum absolute atomic E-state index is 10.9. The van der Waals surface area contributed by atoms with Crippen LogP contribution in [0.2, 0.25) is 0 Å². The fraction of sp³-hybridized carbons (Fsp3) is 0.625. The first-order chi connectivity index (χ1) is 5.66. The van der Waals surface area contributed by atoms with Gasteiger partial charge in [0, 0.05) is 4.48 Å². The van der Waals surface area contributed by atoms with E-state index >= 15 is 0 Å². The van der Waals surface area contributed by atoms with E-state index in [1.807, 2.05) is 13.0 Å². The molecule has 2 aliphatic heterocycles. The molecule has 1 fully saturated rings. The molecule has 2 rings (SSSR count). The van der Waals surface area contributed by atoms with E-state index in [0.717, 1.165) is 4.48 Å². The van der Waals surface area contributed by atoms with Crippen molar-refractivity contribution in [2.24, 2.45) is 0 Å². The average molecular weight is 233 g/mol. The van der Waals surface area contributed by atoms with E-state index in [1.54, 1.807) is 0 Å². The number of fused-ring (bicyclic) bond motifs is 1. The van der Waals surface area contributed by atoms with Crippen LogP contribution in [0.5, 0.6) is 0 Å². The van der Waals surface area contributed by atoms with Gasteiger partial charge in [0.15, 0.2) is 6.10 Å². The van der Waals surface area contributed by atoms with Gasteiger partial charge in [-0.05, 0) is 13.0 Å². The van der Waals surface area contributed by atoms with Crippen molar-refractivity contribution in [1.82, 2.24) is 0 Å². The molecule has 0 amide bonds. The Morgan fingerprint density at radius 1 is 1.67 bits per heavy atom. The summed E-state index contributed by atoms with van der Waals surface area (Å²) in [6.07, 6.45) is 2.06. The second kappa shape index (κ2) is 2.85. The summed E-state index contributed by atoms with van der Waals surface area (Å²) in [5.41, 5.74) is 0. The Morgan fingerprint density at radius 2 is 2.42 bits per heavy atom. The van der Waals surface area contributed by atoms with Crippen LogP contribution in [-0.2, 0) is 14.3 Å². The number of halogens is 1. The van der Waals surface area contributed by atoms with Crippen LogP contribution >= 0.6 is 15.9 Å². The maximum atomic E-state index is 10.9. The van der Waals surface area contributed by atoms with Crippen molar-refractivity contribution in [2.45, 2.75) is 31.7 Å². The number of carbonyl (C=O) groups excluding carboxylic acids is 1. The lowest BCUT2D eigenvalue weighted by Gasteiger charge is -2.25. The minimum atomic E-state index is -0.200. The van der Waals surface area contributed by atoms with Crippen LogP contribution < -0.4 is 0 Å². The largest absolute Gasteiger partial charge is 0.454 e. The summed E-state index contributed by atoms with van der Waals surface area (Å²) in [5.74, 6) is -0.176.